The molecule has 1 amide bonds. The molecule has 0 atom stereocenters. The average molecular weight is 307 g/mol. The minimum atomic E-state index is -1.07. The first-order chi connectivity index (χ1) is 9.90. The van der Waals surface area contributed by atoms with Crippen molar-refractivity contribution in [3.8, 4) is 0 Å². The van der Waals surface area contributed by atoms with Gasteiger partial charge in [0.25, 0.3) is 5.91 Å². The lowest BCUT2D eigenvalue weighted by Crippen LogP contribution is -2.41. The van der Waals surface area contributed by atoms with Crippen LogP contribution in [0.4, 0.5) is 0 Å². The Morgan fingerprint density at radius 3 is 2.62 bits per heavy atom. The predicted octanol–water partition coefficient (Wildman–Crippen LogP) is 2.82. The monoisotopic (exact) mass is 306 g/mol. The van der Waals surface area contributed by atoms with E-state index in [1.54, 1.807) is 19.9 Å². The quantitative estimate of drug-likeness (QED) is 0.882. The summed E-state index contributed by atoms with van der Waals surface area (Å²) in [4.78, 5) is 28.7. The molecule has 110 valence electrons. The zero-order valence-electron chi connectivity index (χ0n) is 11.7. The number of amides is 1. The second-order valence-electron chi connectivity index (χ2n) is 4.94. The molecule has 0 spiro atoms. The van der Waals surface area contributed by atoms with E-state index in [1.165, 1.54) is 4.90 Å². The van der Waals surface area contributed by atoms with Crippen molar-refractivity contribution < 1.29 is 14.7 Å². The van der Waals surface area contributed by atoms with E-state index >= 15 is 0 Å². The van der Waals surface area contributed by atoms with E-state index in [9.17, 15) is 9.59 Å². The fraction of sp³-hybridized carbons (Fsp3) is 0.267. The molecule has 0 fully saturated rings. The van der Waals surface area contributed by atoms with E-state index in [-0.39, 0.29) is 23.4 Å². The van der Waals surface area contributed by atoms with Crippen molar-refractivity contribution >= 4 is 34.2 Å². The summed E-state index contributed by atoms with van der Waals surface area (Å²) >= 11 is 6.10. The molecule has 0 bridgehead atoms. The highest BCUT2D eigenvalue weighted by Gasteiger charge is 2.23. The number of benzene rings is 1. The number of carbonyl (C=O) groups excluding carboxylic acids is 1. The molecular formula is C15H15ClN2O3. The van der Waals surface area contributed by atoms with Gasteiger partial charge in [-0.25, -0.2) is 4.98 Å². The summed E-state index contributed by atoms with van der Waals surface area (Å²) in [6.45, 7) is 3.13. The summed E-state index contributed by atoms with van der Waals surface area (Å²) in [5.41, 5.74) is 0.147. The molecule has 0 aliphatic rings. The molecule has 6 heteroatoms. The number of carboxylic acid groups (broad SMARTS) is 1. The number of halogens is 1. The Balaban J connectivity index is 2.44. The molecule has 2 aromatic rings. The molecule has 1 heterocycles. The van der Waals surface area contributed by atoms with Crippen LogP contribution in [0.2, 0.25) is 5.15 Å². The van der Waals surface area contributed by atoms with Crippen LogP contribution in [0.5, 0.6) is 0 Å². The first kappa shape index (κ1) is 15.3. The first-order valence-corrected chi connectivity index (χ1v) is 6.86. The standard InChI is InChI=1S/C15H15ClN2O3/c1-9(2)18(8-13(19)20)15(21)12-7-10-5-3-4-6-11(10)14(16)17-12/h3-7,9H,8H2,1-2H3,(H,19,20). The third-order valence-electron chi connectivity index (χ3n) is 3.10. The van der Waals surface area contributed by atoms with Crippen LogP contribution in [0, 0.1) is 0 Å². The van der Waals surface area contributed by atoms with Crippen LogP contribution in [0.3, 0.4) is 0 Å². The van der Waals surface area contributed by atoms with E-state index in [0.29, 0.717) is 0 Å². The summed E-state index contributed by atoms with van der Waals surface area (Å²) in [5.74, 6) is -1.51. The molecule has 0 radical (unpaired) electrons. The molecule has 5 nitrogen and oxygen atoms in total. The van der Waals surface area contributed by atoms with Crippen molar-refractivity contribution in [2.75, 3.05) is 6.54 Å². The van der Waals surface area contributed by atoms with E-state index in [4.69, 9.17) is 16.7 Å². The smallest absolute Gasteiger partial charge is 0.323 e. The van der Waals surface area contributed by atoms with Crippen LogP contribution in [-0.4, -0.2) is 39.5 Å². The van der Waals surface area contributed by atoms with Crippen LogP contribution < -0.4 is 0 Å². The van der Waals surface area contributed by atoms with Crippen LogP contribution >= 0.6 is 11.6 Å². The fourth-order valence-electron chi connectivity index (χ4n) is 2.05. The Labute approximate surface area is 127 Å². The molecule has 1 N–H and O–H groups in total. The Morgan fingerprint density at radius 2 is 2.00 bits per heavy atom. The lowest BCUT2D eigenvalue weighted by atomic mass is 10.1. The number of pyridine rings is 1. The normalized spacial score (nSPS) is 10.9. The van der Waals surface area contributed by atoms with Gasteiger partial charge in [-0.1, -0.05) is 35.9 Å². The Bertz CT molecular complexity index is 700. The van der Waals surface area contributed by atoms with Crippen molar-refractivity contribution in [3.63, 3.8) is 0 Å². The number of hydrogen-bond donors (Lipinski definition) is 1. The summed E-state index contributed by atoms with van der Waals surface area (Å²) < 4.78 is 0. The maximum absolute atomic E-state index is 12.5. The lowest BCUT2D eigenvalue weighted by Gasteiger charge is -2.24. The zero-order chi connectivity index (χ0) is 15.6. The summed E-state index contributed by atoms with van der Waals surface area (Å²) in [6, 6.07) is 8.70. The first-order valence-electron chi connectivity index (χ1n) is 6.48. The second kappa shape index (κ2) is 6.10. The van der Waals surface area contributed by atoms with Crippen molar-refractivity contribution in [1.82, 2.24) is 9.88 Å². The van der Waals surface area contributed by atoms with Crippen molar-refractivity contribution in [2.24, 2.45) is 0 Å². The number of aliphatic carboxylic acids is 1. The highest BCUT2D eigenvalue weighted by molar-refractivity contribution is 6.34. The molecule has 0 aliphatic carbocycles. The summed E-state index contributed by atoms with van der Waals surface area (Å²) in [5, 5.41) is 10.7. The Morgan fingerprint density at radius 1 is 1.33 bits per heavy atom. The van der Waals surface area contributed by atoms with Crippen LogP contribution in [0.1, 0.15) is 24.3 Å². The van der Waals surface area contributed by atoms with Gasteiger partial charge in [0, 0.05) is 11.4 Å². The van der Waals surface area contributed by atoms with Gasteiger partial charge in [0.1, 0.15) is 17.4 Å². The third kappa shape index (κ3) is 3.31. The number of carboxylic acids is 1. The van der Waals surface area contributed by atoms with Crippen LogP contribution in [0.15, 0.2) is 30.3 Å². The SMILES string of the molecule is CC(C)N(CC(=O)O)C(=O)c1cc2ccccc2c(Cl)n1. The summed E-state index contributed by atoms with van der Waals surface area (Å²) in [7, 11) is 0. The number of nitrogens with zero attached hydrogens (tertiary/aromatic N) is 2. The van der Waals surface area contributed by atoms with Crippen molar-refractivity contribution in [2.45, 2.75) is 19.9 Å². The van der Waals surface area contributed by atoms with Gasteiger partial charge in [-0.15, -0.1) is 0 Å². The van der Waals surface area contributed by atoms with Crippen LogP contribution in [0.25, 0.3) is 10.8 Å². The number of aromatic nitrogens is 1. The third-order valence-corrected chi connectivity index (χ3v) is 3.39. The number of fused-ring (bicyclic) bond motifs is 1. The summed E-state index contributed by atoms with van der Waals surface area (Å²) in [6.07, 6.45) is 0. The highest BCUT2D eigenvalue weighted by atomic mass is 35.5. The average Bonchev–Trinajstić information content (AvgIpc) is 2.43. The van der Waals surface area contributed by atoms with Gasteiger partial charge in [-0.3, -0.25) is 9.59 Å². The van der Waals surface area contributed by atoms with Crippen LogP contribution in [-0.2, 0) is 4.79 Å². The second-order valence-corrected chi connectivity index (χ2v) is 5.30. The molecule has 2 rings (SSSR count). The van der Waals surface area contributed by atoms with Gasteiger partial charge < -0.3 is 10.0 Å². The largest absolute Gasteiger partial charge is 0.480 e. The minimum absolute atomic E-state index is 0.147. The number of carbonyl (C=O) groups is 2. The van der Waals surface area contributed by atoms with Gasteiger partial charge >= 0.3 is 5.97 Å². The predicted molar refractivity (Wildman–Crippen MR) is 80.6 cm³/mol. The van der Waals surface area contributed by atoms with E-state index < -0.39 is 11.9 Å². The zero-order valence-corrected chi connectivity index (χ0v) is 12.5. The van der Waals surface area contributed by atoms with Gasteiger partial charge in [0.05, 0.1) is 0 Å². The van der Waals surface area contributed by atoms with Gasteiger partial charge in [-0.2, -0.15) is 0 Å². The van der Waals surface area contributed by atoms with Gasteiger partial charge in [0.2, 0.25) is 0 Å². The van der Waals surface area contributed by atoms with Crippen molar-refractivity contribution in [3.05, 3.63) is 41.2 Å². The van der Waals surface area contributed by atoms with Crippen molar-refractivity contribution in [1.29, 1.82) is 0 Å². The van der Waals surface area contributed by atoms with E-state index in [1.807, 2.05) is 24.3 Å². The molecule has 0 saturated carbocycles. The molecule has 21 heavy (non-hydrogen) atoms. The molecule has 0 aliphatic heterocycles. The molecular weight excluding hydrogens is 292 g/mol. The molecule has 1 aromatic heterocycles. The van der Waals surface area contributed by atoms with E-state index in [2.05, 4.69) is 4.98 Å². The highest BCUT2D eigenvalue weighted by Crippen LogP contribution is 2.23. The van der Waals surface area contributed by atoms with Gasteiger partial charge in [-0.05, 0) is 25.3 Å². The fourth-order valence-corrected chi connectivity index (χ4v) is 2.31. The maximum atomic E-state index is 12.5. The topological polar surface area (TPSA) is 70.5 Å². The lowest BCUT2D eigenvalue weighted by molar-refractivity contribution is -0.138. The maximum Gasteiger partial charge on any atom is 0.323 e. The molecule has 0 unspecified atom stereocenters. The van der Waals surface area contributed by atoms with Gasteiger partial charge in [0.15, 0.2) is 0 Å². The van der Waals surface area contributed by atoms with E-state index in [0.717, 1.165) is 10.8 Å². The Kier molecular flexibility index (Phi) is 4.43. The number of hydrogen-bond acceptors (Lipinski definition) is 3. The minimum Gasteiger partial charge on any atom is -0.480 e. The number of rotatable bonds is 4. The molecule has 1 aromatic carbocycles. The molecule has 0 saturated heterocycles. The Hall–Kier alpha value is -2.14.